The van der Waals surface area contributed by atoms with Gasteiger partial charge in [-0.15, -0.1) is 21.6 Å². The number of aromatic amines is 1. The van der Waals surface area contributed by atoms with E-state index in [0.717, 1.165) is 37.5 Å². The fraction of sp³-hybridized carbons (Fsp3) is 0.649. The van der Waals surface area contributed by atoms with E-state index in [1.807, 2.05) is 18.5 Å². The number of rotatable bonds is 10. The number of H-pyrrole nitrogens is 1. The Labute approximate surface area is 311 Å². The third-order valence-corrected chi connectivity index (χ3v) is 8.71. The second kappa shape index (κ2) is 21.0. The summed E-state index contributed by atoms with van der Waals surface area (Å²) >= 11 is 0. The van der Waals surface area contributed by atoms with E-state index in [1.54, 1.807) is 6.07 Å². The van der Waals surface area contributed by atoms with Crippen molar-refractivity contribution in [3.63, 3.8) is 0 Å². The number of nitrogens with one attached hydrogen (secondary N) is 2. The number of likely N-dealkylation sites (tertiary alicyclic amines) is 1. The number of terminal acetylenes is 1. The van der Waals surface area contributed by atoms with Crippen LogP contribution in [0, 0.1) is 36.0 Å². The van der Waals surface area contributed by atoms with Gasteiger partial charge in [-0.1, -0.05) is 92.5 Å². The van der Waals surface area contributed by atoms with E-state index in [4.69, 9.17) is 5.11 Å². The van der Waals surface area contributed by atoms with E-state index in [9.17, 15) is 28.0 Å². The molecule has 3 heterocycles. The van der Waals surface area contributed by atoms with Gasteiger partial charge in [0.15, 0.2) is 11.5 Å². The summed E-state index contributed by atoms with van der Waals surface area (Å²) in [6, 6.07) is 2.42. The maximum Gasteiger partial charge on any atom is 0.586 e. The van der Waals surface area contributed by atoms with Crippen LogP contribution in [0.3, 0.4) is 0 Å². The average Bonchev–Trinajstić information content (AvgIpc) is 3.75. The minimum absolute atomic E-state index is 0. The number of fused-ring (bicyclic) bond motifs is 3. The molecule has 0 bridgehead atoms. The Morgan fingerprint density at radius 3 is 2.35 bits per heavy atom. The van der Waals surface area contributed by atoms with Crippen LogP contribution in [0.2, 0.25) is 0 Å². The first kappa shape index (κ1) is 45.4. The molecule has 3 N–H and O–H groups in total. The van der Waals surface area contributed by atoms with E-state index in [2.05, 4.69) is 66.9 Å². The van der Waals surface area contributed by atoms with E-state index in [0.29, 0.717) is 29.6 Å². The minimum Gasteiger partial charge on any atom is -0.540 e. The molecule has 0 unspecified atom stereocenters. The zero-order valence-electron chi connectivity index (χ0n) is 30.6. The van der Waals surface area contributed by atoms with Gasteiger partial charge >= 0.3 is 12.4 Å². The second-order valence-corrected chi connectivity index (χ2v) is 14.5. The van der Waals surface area contributed by atoms with Crippen LogP contribution in [0.15, 0.2) is 16.9 Å². The van der Waals surface area contributed by atoms with Crippen molar-refractivity contribution in [1.82, 2.24) is 20.2 Å². The van der Waals surface area contributed by atoms with Gasteiger partial charge in [0.2, 0.25) is 5.91 Å². The molecule has 2 aliphatic heterocycles. The molecule has 1 aromatic carbocycles. The number of ether oxygens (including phenoxy) is 2. The fourth-order valence-electron chi connectivity index (χ4n) is 6.27. The monoisotopic (exact) mass is 754 g/mol. The summed E-state index contributed by atoms with van der Waals surface area (Å²) in [5.74, 6) is 1.21. The molecule has 1 aromatic heterocycles. The maximum atomic E-state index is 13.3. The Bertz CT molecular complexity index is 1510. The number of hydrogen-bond acceptors (Lipinski definition) is 7. The Morgan fingerprint density at radius 2 is 1.78 bits per heavy atom. The normalized spacial score (nSPS) is 21.1. The smallest absolute Gasteiger partial charge is 0.540 e. The first-order chi connectivity index (χ1) is 23.5. The molecule has 11 nitrogen and oxygen atoms in total. The summed E-state index contributed by atoms with van der Waals surface area (Å²) in [5.41, 5.74) is 1.14. The predicted molar refractivity (Wildman–Crippen MR) is 188 cm³/mol. The second-order valence-electron chi connectivity index (χ2n) is 14.5. The Kier molecular flexibility index (Phi) is 18.7. The Balaban J connectivity index is 0.000000463. The standard InChI is InChI=1S/C20H24F2N2O3.C10H15N2O4.C5H12.C2H2.V/c1-12-6-5-8-13(12)7-3-2-4-9-15-19(25)24-17-14(23-15)10-11-16-18(17)27-20(21,22)26-16;1-2-7-3-4-12(8(7)6-13)9(14)5-11-10(15)16;1-5(2,3)4;1-2;/h10-13H,2-9H2,1H3,(H,24,25);7-8,11H,2-5H2,1H3,(H,15,16);1-4H3;1-2H;/q;-1;;;/t12-,13+;7-,8-;;;/m01.../s1. The molecule has 1 saturated carbocycles. The van der Waals surface area contributed by atoms with Crippen molar-refractivity contribution < 1.29 is 56.3 Å². The summed E-state index contributed by atoms with van der Waals surface area (Å²) < 4.78 is 35.4. The Morgan fingerprint density at radius 1 is 1.12 bits per heavy atom. The first-order valence-electron chi connectivity index (χ1n) is 17.3. The molecule has 4 atom stereocenters. The molecular weight excluding hydrogens is 701 g/mol. The maximum absolute atomic E-state index is 13.3. The number of aromatic nitrogens is 2. The SMILES string of the molecule is C#C.CC(C)(C)C.CC[C@@H]1CCN(C(=O)CNC(=O)O)[C@@H]1[C-]=O.C[C@H]1CCC[C@H]1CCCCCc1nc2ccc3c(c2[nH]c1=O)OC(F)(F)O3.[V]. The van der Waals surface area contributed by atoms with Crippen molar-refractivity contribution in [2.75, 3.05) is 13.1 Å². The number of carbonyl (C=O) groups excluding carboxylic acids is 2. The van der Waals surface area contributed by atoms with Gasteiger partial charge in [-0.3, -0.25) is 9.59 Å². The van der Waals surface area contributed by atoms with Gasteiger partial charge in [0, 0.05) is 25.1 Å². The van der Waals surface area contributed by atoms with Crippen molar-refractivity contribution in [2.45, 2.75) is 118 Å². The topological polar surface area (TPSA) is 151 Å². The van der Waals surface area contributed by atoms with E-state index >= 15 is 0 Å². The third kappa shape index (κ3) is 14.5. The molecule has 0 spiro atoms. The summed E-state index contributed by atoms with van der Waals surface area (Å²) in [4.78, 5) is 53.3. The van der Waals surface area contributed by atoms with E-state index in [-0.39, 0.29) is 59.5 Å². The van der Waals surface area contributed by atoms with Gasteiger partial charge in [0.1, 0.15) is 17.8 Å². The quantitative estimate of drug-likeness (QED) is 0.132. The van der Waals surface area contributed by atoms with Crippen molar-refractivity contribution in [1.29, 1.82) is 0 Å². The molecule has 1 saturated heterocycles. The first-order valence-corrected chi connectivity index (χ1v) is 17.3. The number of amides is 2. The van der Waals surface area contributed by atoms with Crippen molar-refractivity contribution >= 4 is 29.3 Å². The van der Waals surface area contributed by atoms with Gasteiger partial charge in [-0.25, -0.2) is 16.1 Å². The molecule has 51 heavy (non-hydrogen) atoms. The number of nitrogens with zero attached hydrogens (tertiary/aromatic N) is 2. The van der Waals surface area contributed by atoms with Crippen molar-refractivity contribution in [3.8, 4) is 24.3 Å². The number of carboxylic acid groups (broad SMARTS) is 1. The van der Waals surface area contributed by atoms with E-state index in [1.165, 1.54) is 43.1 Å². The third-order valence-electron chi connectivity index (χ3n) is 8.71. The number of hydrogen-bond donors (Lipinski definition) is 3. The molecule has 3 aliphatic rings. The van der Waals surface area contributed by atoms with Gasteiger partial charge in [-0.05, 0) is 54.6 Å². The van der Waals surface area contributed by atoms with Gasteiger partial charge in [0.25, 0.3) is 5.56 Å². The molecule has 14 heteroatoms. The zero-order chi connectivity index (χ0) is 37.6. The molecular formula is C37H53F2N4O7V-. The van der Waals surface area contributed by atoms with Crippen LogP contribution in [-0.2, 0) is 34.6 Å². The van der Waals surface area contributed by atoms with E-state index < -0.39 is 18.4 Å². The molecule has 1 radical (unpaired) electrons. The molecule has 1 aliphatic carbocycles. The number of aryl methyl sites for hydroxylation is 1. The molecule has 2 amide bonds. The van der Waals surface area contributed by atoms with Crippen LogP contribution >= 0.6 is 0 Å². The predicted octanol–water partition coefficient (Wildman–Crippen LogP) is 7.07. The van der Waals surface area contributed by atoms with Gasteiger partial charge in [-0.2, -0.15) is 0 Å². The van der Waals surface area contributed by atoms with Crippen LogP contribution in [0.25, 0.3) is 11.0 Å². The average molecular weight is 755 g/mol. The Hall–Kier alpha value is -3.63. The van der Waals surface area contributed by atoms with Gasteiger partial charge < -0.3 is 34.6 Å². The number of benzene rings is 1. The largest absolute Gasteiger partial charge is 0.586 e. The summed E-state index contributed by atoms with van der Waals surface area (Å²) in [6.45, 7) is 13.3. The summed E-state index contributed by atoms with van der Waals surface area (Å²) in [5, 5.41) is 10.4. The van der Waals surface area contributed by atoms with Crippen LogP contribution in [0.4, 0.5) is 13.6 Å². The van der Waals surface area contributed by atoms with Crippen LogP contribution < -0.4 is 20.3 Å². The van der Waals surface area contributed by atoms with Crippen molar-refractivity contribution in [3.05, 3.63) is 28.2 Å². The van der Waals surface area contributed by atoms with Crippen LogP contribution in [0.1, 0.15) is 105 Å². The van der Waals surface area contributed by atoms with Crippen LogP contribution in [0.5, 0.6) is 11.5 Å². The molecule has 2 fully saturated rings. The molecule has 2 aromatic rings. The zero-order valence-corrected chi connectivity index (χ0v) is 32.0. The summed E-state index contributed by atoms with van der Waals surface area (Å²) in [6.07, 6.45) is 15.5. The number of unbranched alkanes of at least 4 members (excludes halogenated alkanes) is 2. The number of halogens is 2. The van der Waals surface area contributed by atoms with Crippen LogP contribution in [-0.4, -0.2) is 63.7 Å². The fourth-order valence-corrected chi connectivity index (χ4v) is 6.27. The molecule has 5 rings (SSSR count). The van der Waals surface area contributed by atoms with Crippen molar-refractivity contribution in [2.24, 2.45) is 23.2 Å². The molecule has 283 valence electrons. The minimum atomic E-state index is -3.72. The number of carbonyl (C=O) groups is 2. The number of alkyl halides is 2. The summed E-state index contributed by atoms with van der Waals surface area (Å²) in [7, 11) is 0. The van der Waals surface area contributed by atoms with Gasteiger partial charge in [0.05, 0.1) is 5.52 Å².